The average molecular weight is 617 g/mol. The number of benzene rings is 9. The maximum Gasteiger partial charge on any atom is 0.0725 e. The summed E-state index contributed by atoms with van der Waals surface area (Å²) in [7, 11) is 0. The van der Waals surface area contributed by atoms with Crippen LogP contribution in [0.25, 0.3) is 88.0 Å². The molecule has 3 aliphatic rings. The van der Waals surface area contributed by atoms with Crippen molar-refractivity contribution in [3.8, 4) is 55.6 Å². The van der Waals surface area contributed by atoms with Crippen LogP contribution in [-0.4, -0.2) is 0 Å². The highest BCUT2D eigenvalue weighted by atomic mass is 14.5. The molecule has 12 rings (SSSR count). The Labute approximate surface area is 284 Å². The van der Waals surface area contributed by atoms with E-state index in [0.29, 0.717) is 0 Å². The lowest BCUT2D eigenvalue weighted by atomic mass is 9.70. The fourth-order valence-electron chi connectivity index (χ4n) is 9.97. The SMILES string of the molecule is c1ccc2c(c1)-c1ccccc1C21c2ccccc2-c2c1cc1c3c(cccc23)-c2cccc(-c3ccc4c(ccc5ccccc54)c3)c2-1. The lowest BCUT2D eigenvalue weighted by Crippen LogP contribution is -2.25. The molecule has 0 nitrogen and oxygen atoms in total. The Morgan fingerprint density at radius 1 is 0.286 bits per heavy atom. The minimum absolute atomic E-state index is 0.374. The zero-order valence-electron chi connectivity index (χ0n) is 26.7. The molecule has 0 N–H and O–H groups in total. The second-order valence-corrected chi connectivity index (χ2v) is 13.9. The summed E-state index contributed by atoms with van der Waals surface area (Å²) in [5, 5.41) is 7.89. The molecule has 0 saturated carbocycles. The molecular formula is C49H28. The zero-order chi connectivity index (χ0) is 31.8. The van der Waals surface area contributed by atoms with Gasteiger partial charge in [-0.3, -0.25) is 0 Å². The molecule has 0 atom stereocenters. The van der Waals surface area contributed by atoms with Crippen molar-refractivity contribution in [1.29, 1.82) is 0 Å². The Morgan fingerprint density at radius 3 is 1.67 bits per heavy atom. The summed E-state index contributed by atoms with van der Waals surface area (Å²) in [6.07, 6.45) is 0. The van der Waals surface area contributed by atoms with E-state index < -0.39 is 0 Å². The largest absolute Gasteiger partial charge is 0.0725 e. The lowest BCUT2D eigenvalue weighted by Gasteiger charge is -2.31. The summed E-state index contributed by atoms with van der Waals surface area (Å²) >= 11 is 0. The molecule has 0 heteroatoms. The fraction of sp³-hybridized carbons (Fsp3) is 0.0204. The molecule has 0 aliphatic heterocycles. The van der Waals surface area contributed by atoms with Gasteiger partial charge in [0.05, 0.1) is 5.41 Å². The van der Waals surface area contributed by atoms with Crippen molar-refractivity contribution in [1.82, 2.24) is 0 Å². The first-order valence-corrected chi connectivity index (χ1v) is 17.3. The molecule has 9 aromatic carbocycles. The van der Waals surface area contributed by atoms with E-state index in [2.05, 4.69) is 170 Å². The number of hydrogen-bond donors (Lipinski definition) is 0. The van der Waals surface area contributed by atoms with Crippen molar-refractivity contribution in [3.05, 3.63) is 192 Å². The highest BCUT2D eigenvalue weighted by Gasteiger charge is 2.52. The van der Waals surface area contributed by atoms with Gasteiger partial charge in [0.25, 0.3) is 0 Å². The Bertz CT molecular complexity index is 2890. The van der Waals surface area contributed by atoms with Crippen molar-refractivity contribution in [3.63, 3.8) is 0 Å². The van der Waals surface area contributed by atoms with Crippen molar-refractivity contribution in [2.24, 2.45) is 0 Å². The molecule has 224 valence electrons. The molecule has 0 saturated heterocycles. The summed E-state index contributed by atoms with van der Waals surface area (Å²) in [6.45, 7) is 0. The van der Waals surface area contributed by atoms with E-state index in [0.717, 1.165) is 0 Å². The number of fused-ring (bicyclic) bond motifs is 17. The molecule has 0 radical (unpaired) electrons. The zero-order valence-corrected chi connectivity index (χ0v) is 26.7. The molecule has 0 heterocycles. The van der Waals surface area contributed by atoms with Gasteiger partial charge in [-0.1, -0.05) is 158 Å². The first-order valence-electron chi connectivity index (χ1n) is 17.3. The van der Waals surface area contributed by atoms with Crippen LogP contribution in [0.1, 0.15) is 22.3 Å². The minimum atomic E-state index is -0.374. The van der Waals surface area contributed by atoms with Gasteiger partial charge in [-0.05, 0) is 122 Å². The van der Waals surface area contributed by atoms with Crippen LogP contribution in [-0.2, 0) is 5.41 Å². The van der Waals surface area contributed by atoms with Crippen molar-refractivity contribution < 1.29 is 0 Å². The maximum atomic E-state index is 2.59. The van der Waals surface area contributed by atoms with Gasteiger partial charge in [0.2, 0.25) is 0 Å². The Balaban J connectivity index is 1.19. The van der Waals surface area contributed by atoms with Crippen molar-refractivity contribution in [2.75, 3.05) is 0 Å². The molecular weight excluding hydrogens is 589 g/mol. The van der Waals surface area contributed by atoms with Crippen LogP contribution >= 0.6 is 0 Å². The van der Waals surface area contributed by atoms with Crippen molar-refractivity contribution >= 4 is 32.3 Å². The van der Waals surface area contributed by atoms with Crippen molar-refractivity contribution in [2.45, 2.75) is 5.41 Å². The molecule has 3 aliphatic carbocycles. The topological polar surface area (TPSA) is 0 Å². The quantitative estimate of drug-likeness (QED) is 0.161. The highest BCUT2D eigenvalue weighted by Crippen LogP contribution is 2.66. The molecule has 0 amide bonds. The minimum Gasteiger partial charge on any atom is -0.0619 e. The standard InChI is InChI=1S/C49H28/c1-2-12-32-29(11-1)23-24-30-27-31(25-26-33(30)32)34-16-9-17-37-38-18-10-19-40-47(38)41(46(34)37)28-45-48(40)39-15-5-8-22-44(39)49(45)42-20-6-3-13-35(42)36-14-4-7-21-43(36)49/h1-28H. The van der Waals surface area contributed by atoms with Crippen LogP contribution in [0.3, 0.4) is 0 Å². The van der Waals surface area contributed by atoms with Gasteiger partial charge in [0, 0.05) is 0 Å². The predicted octanol–water partition coefficient (Wildman–Crippen LogP) is 12.8. The van der Waals surface area contributed by atoms with E-state index in [1.807, 2.05) is 0 Å². The van der Waals surface area contributed by atoms with E-state index in [1.54, 1.807) is 0 Å². The third kappa shape index (κ3) is 3.02. The monoisotopic (exact) mass is 616 g/mol. The summed E-state index contributed by atoms with van der Waals surface area (Å²) in [5.74, 6) is 0. The van der Waals surface area contributed by atoms with Gasteiger partial charge in [0.1, 0.15) is 0 Å². The third-order valence-electron chi connectivity index (χ3n) is 11.8. The molecule has 0 unspecified atom stereocenters. The first-order chi connectivity index (χ1) is 24.3. The highest BCUT2D eigenvalue weighted by molar-refractivity contribution is 6.23. The molecule has 0 aromatic heterocycles. The normalized spacial score (nSPS) is 13.9. The van der Waals surface area contributed by atoms with Crippen LogP contribution in [0.5, 0.6) is 0 Å². The second-order valence-electron chi connectivity index (χ2n) is 13.9. The van der Waals surface area contributed by atoms with Gasteiger partial charge in [-0.2, -0.15) is 0 Å². The van der Waals surface area contributed by atoms with Gasteiger partial charge in [-0.25, -0.2) is 0 Å². The average Bonchev–Trinajstić information content (AvgIpc) is 3.77. The molecule has 0 bridgehead atoms. The fourth-order valence-corrected chi connectivity index (χ4v) is 9.97. The first kappa shape index (κ1) is 25.8. The lowest BCUT2D eigenvalue weighted by molar-refractivity contribution is 0.795. The Morgan fingerprint density at radius 2 is 0.857 bits per heavy atom. The summed E-state index contributed by atoms with van der Waals surface area (Å²) in [5.41, 5.74) is 18.5. The Hall–Kier alpha value is -6.24. The Kier molecular flexibility index (Phi) is 4.74. The summed E-state index contributed by atoms with van der Waals surface area (Å²) in [4.78, 5) is 0. The van der Waals surface area contributed by atoms with Crippen LogP contribution in [0.4, 0.5) is 0 Å². The summed E-state index contributed by atoms with van der Waals surface area (Å²) < 4.78 is 0. The smallest absolute Gasteiger partial charge is 0.0619 e. The molecule has 1 spiro atoms. The van der Waals surface area contributed by atoms with Gasteiger partial charge >= 0.3 is 0 Å². The van der Waals surface area contributed by atoms with Gasteiger partial charge in [0.15, 0.2) is 0 Å². The predicted molar refractivity (Wildman–Crippen MR) is 205 cm³/mol. The van der Waals surface area contributed by atoms with E-state index in [-0.39, 0.29) is 5.41 Å². The van der Waals surface area contributed by atoms with E-state index in [9.17, 15) is 0 Å². The molecule has 49 heavy (non-hydrogen) atoms. The van der Waals surface area contributed by atoms with Crippen LogP contribution in [0.2, 0.25) is 0 Å². The summed E-state index contributed by atoms with van der Waals surface area (Å²) in [6, 6.07) is 64.2. The van der Waals surface area contributed by atoms with Crippen LogP contribution < -0.4 is 0 Å². The number of hydrogen-bond acceptors (Lipinski definition) is 0. The molecule has 9 aromatic rings. The maximum absolute atomic E-state index is 2.59. The van der Waals surface area contributed by atoms with Crippen LogP contribution in [0, 0.1) is 0 Å². The molecule has 0 fully saturated rings. The number of rotatable bonds is 1. The third-order valence-corrected chi connectivity index (χ3v) is 11.8. The second kappa shape index (κ2) is 9.01. The van der Waals surface area contributed by atoms with E-state index in [1.165, 1.54) is 110 Å². The van der Waals surface area contributed by atoms with E-state index >= 15 is 0 Å². The van der Waals surface area contributed by atoms with Gasteiger partial charge in [-0.15, -0.1) is 0 Å². The van der Waals surface area contributed by atoms with E-state index in [4.69, 9.17) is 0 Å². The van der Waals surface area contributed by atoms with Crippen LogP contribution in [0.15, 0.2) is 170 Å². The van der Waals surface area contributed by atoms with Gasteiger partial charge < -0.3 is 0 Å².